The van der Waals surface area contributed by atoms with Crippen LogP contribution in [0.25, 0.3) is 0 Å². The highest BCUT2D eigenvalue weighted by Crippen LogP contribution is 2.37. The summed E-state index contributed by atoms with van der Waals surface area (Å²) in [6.45, 7) is 1.84. The van der Waals surface area contributed by atoms with Crippen LogP contribution in [0.3, 0.4) is 0 Å². The van der Waals surface area contributed by atoms with Gasteiger partial charge < -0.3 is 10.1 Å². The van der Waals surface area contributed by atoms with Gasteiger partial charge in [0, 0.05) is 18.5 Å². The molecule has 4 rings (SSSR count). The van der Waals surface area contributed by atoms with E-state index in [1.807, 2.05) is 61.5 Å². The Morgan fingerprint density at radius 3 is 2.53 bits per heavy atom. The molecule has 1 N–H and O–H groups in total. The SMILES string of the molecule is CCC(=O)Nc1cccc(C2=NN(c3ccccc3)[C@H](c3ccc(OC)cc3)C2)c1. The fourth-order valence-electron chi connectivity index (χ4n) is 3.62. The van der Waals surface area contributed by atoms with Crippen molar-refractivity contribution in [3.05, 3.63) is 90.0 Å². The summed E-state index contributed by atoms with van der Waals surface area (Å²) in [7, 11) is 1.67. The first-order valence-electron chi connectivity index (χ1n) is 10.1. The monoisotopic (exact) mass is 399 g/mol. The second-order valence-electron chi connectivity index (χ2n) is 7.20. The number of amides is 1. The van der Waals surface area contributed by atoms with Gasteiger partial charge in [-0.05, 0) is 47.5 Å². The molecule has 3 aromatic rings. The summed E-state index contributed by atoms with van der Waals surface area (Å²) >= 11 is 0. The van der Waals surface area contributed by atoms with Crippen molar-refractivity contribution in [1.82, 2.24) is 0 Å². The zero-order valence-corrected chi connectivity index (χ0v) is 17.2. The lowest BCUT2D eigenvalue weighted by Gasteiger charge is -2.24. The van der Waals surface area contributed by atoms with E-state index in [2.05, 4.69) is 34.6 Å². The molecule has 1 heterocycles. The molecule has 3 aromatic carbocycles. The molecular weight excluding hydrogens is 374 g/mol. The number of para-hydroxylation sites is 1. The third-order valence-corrected chi connectivity index (χ3v) is 5.23. The first-order chi connectivity index (χ1) is 14.7. The van der Waals surface area contributed by atoms with Crippen molar-refractivity contribution in [2.24, 2.45) is 5.10 Å². The molecule has 1 atom stereocenters. The van der Waals surface area contributed by atoms with Gasteiger partial charge in [0.1, 0.15) is 5.75 Å². The fourth-order valence-corrected chi connectivity index (χ4v) is 3.62. The molecule has 0 aliphatic carbocycles. The second-order valence-corrected chi connectivity index (χ2v) is 7.20. The van der Waals surface area contributed by atoms with Gasteiger partial charge >= 0.3 is 0 Å². The number of anilines is 2. The van der Waals surface area contributed by atoms with E-state index in [1.54, 1.807) is 7.11 Å². The highest BCUT2D eigenvalue weighted by Gasteiger charge is 2.30. The number of carbonyl (C=O) groups is 1. The van der Waals surface area contributed by atoms with Gasteiger partial charge in [-0.15, -0.1) is 0 Å². The number of hydrogen-bond donors (Lipinski definition) is 1. The first kappa shape index (κ1) is 19.7. The standard InChI is InChI=1S/C25H25N3O2/c1-3-25(29)26-20-9-7-8-19(16-20)23-17-24(18-12-14-22(30-2)15-13-18)28(27-23)21-10-5-4-6-11-21/h4-16,24H,3,17H2,1-2H3,(H,26,29)/t24-/m0/s1. The molecule has 0 saturated heterocycles. The summed E-state index contributed by atoms with van der Waals surface area (Å²) in [5, 5.41) is 9.99. The number of nitrogens with one attached hydrogen (secondary N) is 1. The molecule has 1 amide bonds. The van der Waals surface area contributed by atoms with E-state index in [9.17, 15) is 4.79 Å². The summed E-state index contributed by atoms with van der Waals surface area (Å²) in [5.74, 6) is 0.839. The van der Waals surface area contributed by atoms with Crippen LogP contribution < -0.4 is 15.1 Å². The van der Waals surface area contributed by atoms with E-state index in [1.165, 1.54) is 5.56 Å². The summed E-state index contributed by atoms with van der Waals surface area (Å²) < 4.78 is 5.31. The van der Waals surface area contributed by atoms with Gasteiger partial charge in [-0.3, -0.25) is 9.80 Å². The number of rotatable bonds is 6. The van der Waals surface area contributed by atoms with E-state index in [0.29, 0.717) is 6.42 Å². The summed E-state index contributed by atoms with van der Waals surface area (Å²) in [6.07, 6.45) is 1.22. The van der Waals surface area contributed by atoms with Gasteiger partial charge in [-0.1, -0.05) is 49.4 Å². The number of hydrazone groups is 1. The highest BCUT2D eigenvalue weighted by atomic mass is 16.5. The van der Waals surface area contributed by atoms with Crippen molar-refractivity contribution in [3.8, 4) is 5.75 Å². The Morgan fingerprint density at radius 1 is 1.07 bits per heavy atom. The number of ether oxygens (including phenoxy) is 1. The Kier molecular flexibility index (Phi) is 5.80. The van der Waals surface area contributed by atoms with Gasteiger partial charge in [0.15, 0.2) is 0 Å². The smallest absolute Gasteiger partial charge is 0.224 e. The van der Waals surface area contributed by atoms with Crippen LogP contribution in [0.4, 0.5) is 11.4 Å². The maximum absolute atomic E-state index is 11.8. The molecular formula is C25H25N3O2. The van der Waals surface area contributed by atoms with Crippen LogP contribution >= 0.6 is 0 Å². The molecule has 152 valence electrons. The molecule has 0 bridgehead atoms. The summed E-state index contributed by atoms with van der Waals surface area (Å²) in [5.41, 5.74) is 5.02. The maximum Gasteiger partial charge on any atom is 0.224 e. The van der Waals surface area contributed by atoms with Crippen LogP contribution in [0.5, 0.6) is 5.75 Å². The Morgan fingerprint density at radius 2 is 1.83 bits per heavy atom. The molecule has 30 heavy (non-hydrogen) atoms. The van der Waals surface area contributed by atoms with Crippen molar-refractivity contribution < 1.29 is 9.53 Å². The van der Waals surface area contributed by atoms with Gasteiger partial charge in [-0.25, -0.2) is 0 Å². The fraction of sp³-hybridized carbons (Fsp3) is 0.200. The number of carbonyl (C=O) groups excluding carboxylic acids is 1. The maximum atomic E-state index is 11.8. The molecule has 5 heteroatoms. The van der Waals surface area contributed by atoms with E-state index < -0.39 is 0 Å². The minimum atomic E-state index is 0.00234. The van der Waals surface area contributed by atoms with Gasteiger partial charge in [-0.2, -0.15) is 5.10 Å². The molecule has 0 saturated carbocycles. The molecule has 0 aromatic heterocycles. The zero-order chi connectivity index (χ0) is 20.9. The average molecular weight is 399 g/mol. The van der Waals surface area contributed by atoms with Crippen molar-refractivity contribution in [3.63, 3.8) is 0 Å². The molecule has 5 nitrogen and oxygen atoms in total. The van der Waals surface area contributed by atoms with Crippen LogP contribution in [0.1, 0.15) is 36.9 Å². The lowest BCUT2D eigenvalue weighted by molar-refractivity contribution is -0.115. The number of benzene rings is 3. The van der Waals surface area contributed by atoms with Crippen molar-refractivity contribution in [2.75, 3.05) is 17.4 Å². The lowest BCUT2D eigenvalue weighted by atomic mass is 9.98. The Bertz CT molecular complexity index is 1050. The average Bonchev–Trinajstić information content (AvgIpc) is 3.25. The van der Waals surface area contributed by atoms with E-state index in [-0.39, 0.29) is 11.9 Å². The van der Waals surface area contributed by atoms with Crippen molar-refractivity contribution in [1.29, 1.82) is 0 Å². The molecule has 0 fully saturated rings. The van der Waals surface area contributed by atoms with Crippen LogP contribution in [0.2, 0.25) is 0 Å². The molecule has 1 aliphatic rings. The first-order valence-corrected chi connectivity index (χ1v) is 10.1. The largest absolute Gasteiger partial charge is 0.497 e. The Hall–Kier alpha value is -3.60. The molecule has 0 radical (unpaired) electrons. The minimum absolute atomic E-state index is 0.00234. The van der Waals surface area contributed by atoms with E-state index in [4.69, 9.17) is 9.84 Å². The second kappa shape index (κ2) is 8.82. The predicted octanol–water partition coefficient (Wildman–Crippen LogP) is 5.40. The van der Waals surface area contributed by atoms with Gasteiger partial charge in [0.25, 0.3) is 0 Å². The quantitative estimate of drug-likeness (QED) is 0.604. The van der Waals surface area contributed by atoms with Crippen LogP contribution in [-0.4, -0.2) is 18.7 Å². The Labute approximate surface area is 177 Å². The Balaban J connectivity index is 1.67. The predicted molar refractivity (Wildman–Crippen MR) is 121 cm³/mol. The molecule has 0 spiro atoms. The third-order valence-electron chi connectivity index (χ3n) is 5.23. The third kappa shape index (κ3) is 4.20. The number of hydrogen-bond acceptors (Lipinski definition) is 4. The zero-order valence-electron chi connectivity index (χ0n) is 17.2. The number of nitrogens with zero attached hydrogens (tertiary/aromatic N) is 2. The van der Waals surface area contributed by atoms with Crippen LogP contribution in [0.15, 0.2) is 84.0 Å². The van der Waals surface area contributed by atoms with Crippen molar-refractivity contribution in [2.45, 2.75) is 25.8 Å². The van der Waals surface area contributed by atoms with Gasteiger partial charge in [0.05, 0.1) is 24.6 Å². The van der Waals surface area contributed by atoms with E-state index in [0.717, 1.165) is 34.8 Å². The minimum Gasteiger partial charge on any atom is -0.497 e. The number of methoxy groups -OCH3 is 1. The van der Waals surface area contributed by atoms with Crippen molar-refractivity contribution >= 4 is 23.0 Å². The van der Waals surface area contributed by atoms with Gasteiger partial charge in [0.2, 0.25) is 5.91 Å². The van der Waals surface area contributed by atoms with E-state index >= 15 is 0 Å². The topological polar surface area (TPSA) is 53.9 Å². The molecule has 0 unspecified atom stereocenters. The normalized spacial score (nSPS) is 15.6. The lowest BCUT2D eigenvalue weighted by Crippen LogP contribution is -2.18. The summed E-state index contributed by atoms with van der Waals surface area (Å²) in [6, 6.07) is 26.3. The molecule has 1 aliphatic heterocycles. The van der Waals surface area contributed by atoms with Crippen LogP contribution in [0, 0.1) is 0 Å². The highest BCUT2D eigenvalue weighted by molar-refractivity contribution is 6.04. The van der Waals surface area contributed by atoms with Crippen LogP contribution in [-0.2, 0) is 4.79 Å². The summed E-state index contributed by atoms with van der Waals surface area (Å²) in [4.78, 5) is 11.8.